The zero-order chi connectivity index (χ0) is 22.6. The highest BCUT2D eigenvalue weighted by Crippen LogP contribution is 2.45. The van der Waals surface area contributed by atoms with Gasteiger partial charge < -0.3 is 10.4 Å². The minimum absolute atomic E-state index is 0.0504. The second kappa shape index (κ2) is 9.61. The van der Waals surface area contributed by atoms with Crippen LogP contribution in [0.25, 0.3) is 0 Å². The van der Waals surface area contributed by atoms with Gasteiger partial charge in [0.2, 0.25) is 5.91 Å². The third kappa shape index (κ3) is 4.73. The Morgan fingerprint density at radius 3 is 2.22 bits per heavy atom. The van der Waals surface area contributed by atoms with Crippen LogP contribution >= 0.6 is 11.8 Å². The normalized spacial score (nSPS) is 17.0. The average Bonchev–Trinajstić information content (AvgIpc) is 2.92. The lowest BCUT2D eigenvalue weighted by atomic mass is 9.76. The summed E-state index contributed by atoms with van der Waals surface area (Å²) in [5.41, 5.74) is 5.13. The molecule has 4 rings (SSSR count). The molecule has 3 aromatic carbocycles. The van der Waals surface area contributed by atoms with Crippen molar-refractivity contribution in [3.8, 4) is 0 Å². The van der Waals surface area contributed by atoms with Crippen molar-refractivity contribution >= 4 is 23.6 Å². The van der Waals surface area contributed by atoms with Crippen molar-refractivity contribution in [2.45, 2.75) is 48.8 Å². The van der Waals surface area contributed by atoms with E-state index in [0.29, 0.717) is 6.42 Å². The number of rotatable bonds is 7. The number of amides is 1. The number of carbonyl (C=O) groups excluding carboxylic acids is 1. The van der Waals surface area contributed by atoms with Gasteiger partial charge >= 0.3 is 5.97 Å². The molecule has 0 aliphatic carbocycles. The predicted molar refractivity (Wildman–Crippen MR) is 128 cm³/mol. The molecule has 5 heteroatoms. The number of nitrogens with one attached hydrogen (secondary N) is 1. The first-order chi connectivity index (χ1) is 15.5. The fourth-order valence-corrected chi connectivity index (χ4v) is 5.67. The van der Waals surface area contributed by atoms with E-state index >= 15 is 0 Å². The molecule has 2 N–H and O–H groups in total. The first-order valence-electron chi connectivity index (χ1n) is 10.9. The number of aliphatic carboxylic acids is 1. The maximum atomic E-state index is 12.5. The van der Waals surface area contributed by atoms with Crippen molar-refractivity contribution in [2.24, 2.45) is 0 Å². The molecule has 0 saturated carbocycles. The van der Waals surface area contributed by atoms with Crippen molar-refractivity contribution in [3.05, 3.63) is 101 Å². The van der Waals surface area contributed by atoms with E-state index in [2.05, 4.69) is 53.8 Å². The third-order valence-corrected chi connectivity index (χ3v) is 7.16. The molecule has 1 heterocycles. The summed E-state index contributed by atoms with van der Waals surface area (Å²) in [6.07, 6.45) is 2.18. The van der Waals surface area contributed by atoms with E-state index in [1.807, 2.05) is 36.0 Å². The van der Waals surface area contributed by atoms with Gasteiger partial charge in [-0.3, -0.25) is 9.59 Å². The smallest absolute Gasteiger partial charge is 0.303 e. The Hall–Kier alpha value is -3.05. The molecule has 4 nitrogen and oxygen atoms in total. The summed E-state index contributed by atoms with van der Waals surface area (Å²) in [5.74, 6) is 0.0349. The van der Waals surface area contributed by atoms with Crippen LogP contribution in [0.2, 0.25) is 0 Å². The summed E-state index contributed by atoms with van der Waals surface area (Å²) >= 11 is 1.81. The number of carbonyl (C=O) groups is 2. The highest BCUT2D eigenvalue weighted by Gasteiger charge is 2.39. The lowest BCUT2D eigenvalue weighted by molar-refractivity contribution is -0.137. The van der Waals surface area contributed by atoms with Gasteiger partial charge in [0.15, 0.2) is 0 Å². The molecule has 1 aliphatic heterocycles. The molecular weight excluding hydrogens is 418 g/mol. The number of hydrogen-bond donors (Lipinski definition) is 2. The Bertz CT molecular complexity index is 1080. The monoisotopic (exact) mass is 445 g/mol. The van der Waals surface area contributed by atoms with Crippen LogP contribution in [0.1, 0.15) is 47.6 Å². The van der Waals surface area contributed by atoms with Gasteiger partial charge in [-0.2, -0.15) is 0 Å². The number of carboxylic acid groups (broad SMARTS) is 1. The Balaban J connectivity index is 1.70. The summed E-state index contributed by atoms with van der Waals surface area (Å²) in [5, 5.41) is 12.2. The number of carboxylic acids is 1. The van der Waals surface area contributed by atoms with Crippen LogP contribution in [0.15, 0.2) is 77.7 Å². The Kier molecular flexibility index (Phi) is 6.66. The summed E-state index contributed by atoms with van der Waals surface area (Å²) in [7, 11) is 0. The van der Waals surface area contributed by atoms with Crippen molar-refractivity contribution < 1.29 is 14.7 Å². The first-order valence-corrected chi connectivity index (χ1v) is 11.9. The lowest BCUT2D eigenvalue weighted by Gasteiger charge is -2.37. The van der Waals surface area contributed by atoms with Gasteiger partial charge in [0.25, 0.3) is 0 Å². The summed E-state index contributed by atoms with van der Waals surface area (Å²) in [4.78, 5) is 24.5. The van der Waals surface area contributed by atoms with Gasteiger partial charge in [-0.05, 0) is 53.1 Å². The fourth-order valence-electron chi connectivity index (χ4n) is 4.53. The molecule has 0 aromatic heterocycles. The number of aryl methyl sites for hydroxylation is 2. The number of fused-ring (bicyclic) bond motifs is 2. The van der Waals surface area contributed by atoms with Crippen molar-refractivity contribution in [2.75, 3.05) is 0 Å². The van der Waals surface area contributed by atoms with E-state index in [0.717, 1.165) is 35.3 Å². The van der Waals surface area contributed by atoms with Crippen LogP contribution in [0.5, 0.6) is 0 Å². The van der Waals surface area contributed by atoms with Crippen LogP contribution < -0.4 is 5.32 Å². The Morgan fingerprint density at radius 2 is 1.53 bits per heavy atom. The zero-order valence-electron chi connectivity index (χ0n) is 18.1. The van der Waals surface area contributed by atoms with Gasteiger partial charge in [0, 0.05) is 24.0 Å². The van der Waals surface area contributed by atoms with E-state index in [4.69, 9.17) is 5.11 Å². The van der Waals surface area contributed by atoms with Crippen LogP contribution in [-0.2, 0) is 33.7 Å². The molecule has 0 spiro atoms. The predicted octanol–water partition coefficient (Wildman–Crippen LogP) is 5.32. The van der Waals surface area contributed by atoms with Crippen LogP contribution in [0.3, 0.4) is 0 Å². The SMILES string of the molecule is CC(=O)NC1(CCc2ccc(CCC(=O)O)cc2)c2ccccc2CSc2ccccc21. The first kappa shape index (κ1) is 22.2. The lowest BCUT2D eigenvalue weighted by Crippen LogP contribution is -2.47. The van der Waals surface area contributed by atoms with Gasteiger partial charge in [0.05, 0.1) is 5.54 Å². The minimum atomic E-state index is -0.783. The van der Waals surface area contributed by atoms with Gasteiger partial charge in [-0.15, -0.1) is 11.8 Å². The largest absolute Gasteiger partial charge is 0.481 e. The van der Waals surface area contributed by atoms with E-state index < -0.39 is 11.5 Å². The molecule has 32 heavy (non-hydrogen) atoms. The summed E-state index contributed by atoms with van der Waals surface area (Å²) < 4.78 is 0. The Morgan fingerprint density at radius 1 is 0.906 bits per heavy atom. The zero-order valence-corrected chi connectivity index (χ0v) is 19.0. The molecule has 0 fully saturated rings. The van der Waals surface area contributed by atoms with Gasteiger partial charge in [-0.1, -0.05) is 66.7 Å². The average molecular weight is 446 g/mol. The molecule has 1 atom stereocenters. The molecule has 164 valence electrons. The fraction of sp³-hybridized carbons (Fsp3) is 0.259. The van der Waals surface area contributed by atoms with E-state index in [9.17, 15) is 9.59 Å². The van der Waals surface area contributed by atoms with Crippen molar-refractivity contribution in [1.29, 1.82) is 0 Å². The number of hydrogen-bond acceptors (Lipinski definition) is 3. The summed E-state index contributed by atoms with van der Waals surface area (Å²) in [6, 6.07) is 24.9. The van der Waals surface area contributed by atoms with Gasteiger partial charge in [0.1, 0.15) is 0 Å². The van der Waals surface area contributed by atoms with Crippen LogP contribution in [0.4, 0.5) is 0 Å². The molecule has 1 unspecified atom stereocenters. The third-order valence-electron chi connectivity index (χ3n) is 6.04. The number of thioether (sulfide) groups is 1. The quantitative estimate of drug-likeness (QED) is 0.516. The maximum absolute atomic E-state index is 12.5. The standard InChI is InChI=1S/C27H27NO3S/c1-19(29)28-27(17-16-21-12-10-20(11-13-21)14-15-26(30)31)23-7-3-2-6-22(23)18-32-25-9-5-4-8-24(25)27/h2-13H,14-18H2,1H3,(H,28,29)(H,30,31). The van der Waals surface area contributed by atoms with E-state index in [1.54, 1.807) is 6.92 Å². The van der Waals surface area contributed by atoms with Crippen LogP contribution in [0, 0.1) is 0 Å². The molecule has 1 aliphatic rings. The molecule has 1 amide bonds. The second-order valence-electron chi connectivity index (χ2n) is 8.24. The number of benzene rings is 3. The minimum Gasteiger partial charge on any atom is -0.481 e. The van der Waals surface area contributed by atoms with Gasteiger partial charge in [-0.25, -0.2) is 0 Å². The molecular formula is C27H27NO3S. The Labute approximate surface area is 193 Å². The topological polar surface area (TPSA) is 66.4 Å². The molecule has 0 bridgehead atoms. The van der Waals surface area contributed by atoms with Crippen LogP contribution in [-0.4, -0.2) is 17.0 Å². The summed E-state index contributed by atoms with van der Waals surface area (Å²) in [6.45, 7) is 1.59. The molecule has 0 radical (unpaired) electrons. The molecule has 3 aromatic rings. The van der Waals surface area contributed by atoms with E-state index in [1.165, 1.54) is 16.0 Å². The maximum Gasteiger partial charge on any atom is 0.303 e. The molecule has 0 saturated heterocycles. The highest BCUT2D eigenvalue weighted by molar-refractivity contribution is 7.98. The second-order valence-corrected chi connectivity index (χ2v) is 9.26. The van der Waals surface area contributed by atoms with E-state index in [-0.39, 0.29) is 12.3 Å². The van der Waals surface area contributed by atoms with Crippen molar-refractivity contribution in [3.63, 3.8) is 0 Å². The highest BCUT2D eigenvalue weighted by atomic mass is 32.2. The van der Waals surface area contributed by atoms with Crippen molar-refractivity contribution in [1.82, 2.24) is 5.32 Å².